The molecule has 3 nitrogen and oxygen atoms in total. The number of fused-ring (bicyclic) bond motifs is 1. The van der Waals surface area contributed by atoms with Crippen LogP contribution in [0, 0.1) is 0 Å². The fourth-order valence-electron chi connectivity index (χ4n) is 2.69. The summed E-state index contributed by atoms with van der Waals surface area (Å²) in [4.78, 5) is 14.0. The van der Waals surface area contributed by atoms with Gasteiger partial charge >= 0.3 is 0 Å². The second kappa shape index (κ2) is 6.71. The monoisotopic (exact) mass is 260 g/mol. The molecule has 0 spiro atoms. The average Bonchev–Trinajstić information content (AvgIpc) is 2.82. The summed E-state index contributed by atoms with van der Waals surface area (Å²) in [6, 6.07) is 6.55. The van der Waals surface area contributed by atoms with E-state index in [1.54, 1.807) is 0 Å². The van der Waals surface area contributed by atoms with Gasteiger partial charge in [-0.15, -0.1) is 0 Å². The molecule has 1 aromatic rings. The van der Waals surface area contributed by atoms with Crippen molar-refractivity contribution in [1.82, 2.24) is 0 Å². The number of rotatable bonds is 6. The fraction of sp³-hybridized carbons (Fsp3) is 0.562. The van der Waals surface area contributed by atoms with Crippen LogP contribution in [0.25, 0.3) is 0 Å². The SMILES string of the molecule is CCCC(=O)N1CCc2cc(CCCCN)ccc21. The number of nitrogens with zero attached hydrogens (tertiary/aromatic N) is 1. The third-order valence-corrected chi connectivity index (χ3v) is 3.72. The van der Waals surface area contributed by atoms with Crippen LogP contribution in [0.3, 0.4) is 0 Å². The molecule has 1 aliphatic heterocycles. The number of amides is 1. The molecule has 2 rings (SSSR count). The molecule has 0 aliphatic carbocycles. The van der Waals surface area contributed by atoms with E-state index in [0.29, 0.717) is 6.42 Å². The molecule has 2 N–H and O–H groups in total. The van der Waals surface area contributed by atoms with Crippen LogP contribution in [-0.2, 0) is 17.6 Å². The summed E-state index contributed by atoms with van der Waals surface area (Å²) < 4.78 is 0. The lowest BCUT2D eigenvalue weighted by atomic mass is 10.0. The molecule has 1 aliphatic rings. The van der Waals surface area contributed by atoms with E-state index in [1.165, 1.54) is 11.1 Å². The summed E-state index contributed by atoms with van der Waals surface area (Å²) in [5, 5.41) is 0. The Morgan fingerprint density at radius 2 is 2.21 bits per heavy atom. The third kappa shape index (κ3) is 3.35. The molecule has 19 heavy (non-hydrogen) atoms. The Kier molecular flexibility index (Phi) is 4.97. The number of carbonyl (C=O) groups is 1. The highest BCUT2D eigenvalue weighted by molar-refractivity contribution is 5.95. The maximum Gasteiger partial charge on any atom is 0.226 e. The molecule has 1 amide bonds. The van der Waals surface area contributed by atoms with Crippen molar-refractivity contribution < 1.29 is 4.79 Å². The first-order chi connectivity index (χ1) is 9.26. The minimum Gasteiger partial charge on any atom is -0.330 e. The highest BCUT2D eigenvalue weighted by Crippen LogP contribution is 2.29. The van der Waals surface area contributed by atoms with E-state index < -0.39 is 0 Å². The van der Waals surface area contributed by atoms with Crippen LogP contribution in [0.5, 0.6) is 0 Å². The molecule has 0 saturated carbocycles. The summed E-state index contributed by atoms with van der Waals surface area (Å²) in [5.74, 6) is 0.261. The van der Waals surface area contributed by atoms with Crippen LogP contribution >= 0.6 is 0 Å². The Balaban J connectivity index is 2.05. The van der Waals surface area contributed by atoms with Crippen LogP contribution in [0.2, 0.25) is 0 Å². The van der Waals surface area contributed by atoms with Gasteiger partial charge in [0.1, 0.15) is 0 Å². The van der Waals surface area contributed by atoms with Crippen molar-refractivity contribution in [1.29, 1.82) is 0 Å². The summed E-state index contributed by atoms with van der Waals surface area (Å²) >= 11 is 0. The molecule has 0 bridgehead atoms. The van der Waals surface area contributed by atoms with Crippen molar-refractivity contribution >= 4 is 11.6 Å². The molecule has 3 heteroatoms. The Hall–Kier alpha value is -1.35. The number of nitrogens with two attached hydrogens (primary N) is 1. The molecular formula is C16H24N2O. The van der Waals surface area contributed by atoms with Crippen molar-refractivity contribution in [2.24, 2.45) is 5.73 Å². The zero-order valence-electron chi connectivity index (χ0n) is 11.8. The first-order valence-corrected chi connectivity index (χ1v) is 7.38. The zero-order valence-corrected chi connectivity index (χ0v) is 11.8. The van der Waals surface area contributed by atoms with Crippen LogP contribution < -0.4 is 10.6 Å². The quantitative estimate of drug-likeness (QED) is 0.799. The number of hydrogen-bond acceptors (Lipinski definition) is 2. The molecule has 0 atom stereocenters. The van der Waals surface area contributed by atoms with E-state index in [9.17, 15) is 4.79 Å². The summed E-state index contributed by atoms with van der Waals surface area (Å²) in [6.07, 6.45) is 5.88. The predicted octanol–water partition coefficient (Wildman–Crippen LogP) is 2.66. The second-order valence-electron chi connectivity index (χ2n) is 5.25. The van der Waals surface area contributed by atoms with E-state index >= 15 is 0 Å². The minimum absolute atomic E-state index is 0.261. The van der Waals surface area contributed by atoms with E-state index in [0.717, 1.165) is 50.9 Å². The van der Waals surface area contributed by atoms with E-state index in [1.807, 2.05) is 4.90 Å². The Morgan fingerprint density at radius 3 is 2.95 bits per heavy atom. The Morgan fingerprint density at radius 1 is 1.37 bits per heavy atom. The minimum atomic E-state index is 0.261. The van der Waals surface area contributed by atoms with Gasteiger partial charge < -0.3 is 10.6 Å². The number of anilines is 1. The first-order valence-electron chi connectivity index (χ1n) is 7.38. The highest BCUT2D eigenvalue weighted by atomic mass is 16.2. The maximum atomic E-state index is 12.0. The van der Waals surface area contributed by atoms with E-state index in [2.05, 4.69) is 25.1 Å². The largest absolute Gasteiger partial charge is 0.330 e. The summed E-state index contributed by atoms with van der Waals surface area (Å²) in [7, 11) is 0. The van der Waals surface area contributed by atoms with Crippen LogP contribution in [-0.4, -0.2) is 19.0 Å². The van der Waals surface area contributed by atoms with Crippen molar-refractivity contribution in [2.75, 3.05) is 18.0 Å². The van der Waals surface area contributed by atoms with Gasteiger partial charge in [-0.3, -0.25) is 4.79 Å². The molecule has 0 aromatic heterocycles. The zero-order chi connectivity index (χ0) is 13.7. The van der Waals surface area contributed by atoms with Crippen molar-refractivity contribution in [2.45, 2.75) is 45.4 Å². The van der Waals surface area contributed by atoms with Gasteiger partial charge in [0.25, 0.3) is 0 Å². The van der Waals surface area contributed by atoms with Crippen molar-refractivity contribution in [3.8, 4) is 0 Å². The maximum absolute atomic E-state index is 12.0. The van der Waals surface area contributed by atoms with Crippen LogP contribution in [0.4, 0.5) is 5.69 Å². The smallest absolute Gasteiger partial charge is 0.226 e. The topological polar surface area (TPSA) is 46.3 Å². The van der Waals surface area contributed by atoms with E-state index in [-0.39, 0.29) is 5.91 Å². The molecule has 0 fully saturated rings. The second-order valence-corrected chi connectivity index (χ2v) is 5.25. The molecule has 1 aromatic carbocycles. The van der Waals surface area contributed by atoms with Gasteiger partial charge in [-0.25, -0.2) is 0 Å². The lowest BCUT2D eigenvalue weighted by molar-refractivity contribution is -0.118. The van der Waals surface area contributed by atoms with Crippen molar-refractivity contribution in [3.63, 3.8) is 0 Å². The van der Waals surface area contributed by atoms with Gasteiger partial charge in [-0.1, -0.05) is 19.1 Å². The fourth-order valence-corrected chi connectivity index (χ4v) is 2.69. The molecule has 0 unspecified atom stereocenters. The molecule has 1 heterocycles. The molecule has 0 saturated heterocycles. The van der Waals surface area contributed by atoms with Gasteiger partial charge in [-0.05, 0) is 55.8 Å². The Labute approximate surface area is 115 Å². The van der Waals surface area contributed by atoms with Gasteiger partial charge in [0.2, 0.25) is 5.91 Å². The number of unbranched alkanes of at least 4 members (excludes halogenated alkanes) is 1. The average molecular weight is 260 g/mol. The normalized spacial score (nSPS) is 13.7. The van der Waals surface area contributed by atoms with Gasteiger partial charge in [0.15, 0.2) is 0 Å². The van der Waals surface area contributed by atoms with Gasteiger partial charge in [0, 0.05) is 18.7 Å². The van der Waals surface area contributed by atoms with Gasteiger partial charge in [-0.2, -0.15) is 0 Å². The highest BCUT2D eigenvalue weighted by Gasteiger charge is 2.23. The number of hydrogen-bond donors (Lipinski definition) is 1. The summed E-state index contributed by atoms with van der Waals surface area (Å²) in [5.41, 5.74) is 9.35. The molecular weight excluding hydrogens is 236 g/mol. The Bertz CT molecular complexity index is 442. The summed E-state index contributed by atoms with van der Waals surface area (Å²) in [6.45, 7) is 3.67. The lowest BCUT2D eigenvalue weighted by Crippen LogP contribution is -2.28. The molecule has 0 radical (unpaired) electrons. The standard InChI is InChI=1S/C16H24N2O/c1-2-5-16(19)18-11-9-14-12-13(6-3-4-10-17)7-8-15(14)18/h7-8,12H,2-6,9-11,17H2,1H3. The predicted molar refractivity (Wildman–Crippen MR) is 79.4 cm³/mol. The number of benzene rings is 1. The van der Waals surface area contributed by atoms with Gasteiger partial charge in [0.05, 0.1) is 0 Å². The van der Waals surface area contributed by atoms with Crippen LogP contribution in [0.15, 0.2) is 18.2 Å². The van der Waals surface area contributed by atoms with Crippen molar-refractivity contribution in [3.05, 3.63) is 29.3 Å². The molecule has 104 valence electrons. The first kappa shape index (κ1) is 14.1. The van der Waals surface area contributed by atoms with Crippen LogP contribution in [0.1, 0.15) is 43.7 Å². The number of aryl methyl sites for hydroxylation is 1. The lowest BCUT2D eigenvalue weighted by Gasteiger charge is -2.17. The number of carbonyl (C=O) groups excluding carboxylic acids is 1. The third-order valence-electron chi connectivity index (χ3n) is 3.72. The van der Waals surface area contributed by atoms with E-state index in [4.69, 9.17) is 5.73 Å².